The average Bonchev–Trinajstić information content (AvgIpc) is 3.06. The van der Waals surface area contributed by atoms with Crippen molar-refractivity contribution in [3.8, 4) is 0 Å². The van der Waals surface area contributed by atoms with Gasteiger partial charge in [-0.3, -0.25) is 9.59 Å². The van der Waals surface area contributed by atoms with Crippen LogP contribution in [0.4, 0.5) is 5.69 Å². The molecule has 1 saturated heterocycles. The van der Waals surface area contributed by atoms with Crippen LogP contribution < -0.4 is 5.32 Å². The molecule has 2 aliphatic heterocycles. The van der Waals surface area contributed by atoms with E-state index in [4.69, 9.17) is 4.74 Å². The number of amides is 2. The summed E-state index contributed by atoms with van der Waals surface area (Å²) in [6.07, 6.45) is 3.12. The number of hydrogen-bond acceptors (Lipinski definition) is 3. The Kier molecular flexibility index (Phi) is 4.05. The summed E-state index contributed by atoms with van der Waals surface area (Å²) in [5, 5.41) is 2.86. The van der Waals surface area contributed by atoms with Crippen LogP contribution in [0.3, 0.4) is 0 Å². The molecule has 3 heterocycles. The SMILES string of the molecule is Cn1cccc1C1COCCN1C(=O)c1ccc2c(c1)CCC(=O)N2. The number of anilines is 1. The third-order valence-electron chi connectivity index (χ3n) is 4.96. The first kappa shape index (κ1) is 15.9. The molecule has 1 aromatic heterocycles. The number of aryl methyl sites for hydroxylation is 2. The van der Waals surface area contributed by atoms with Crippen LogP contribution in [0, 0.1) is 0 Å². The first-order chi connectivity index (χ1) is 12.1. The number of fused-ring (bicyclic) bond motifs is 1. The Morgan fingerprint density at radius 1 is 1.28 bits per heavy atom. The van der Waals surface area contributed by atoms with Crippen LogP contribution in [0.1, 0.15) is 34.1 Å². The fourth-order valence-corrected chi connectivity index (χ4v) is 3.59. The second-order valence-electron chi connectivity index (χ2n) is 6.55. The quantitative estimate of drug-likeness (QED) is 0.912. The van der Waals surface area contributed by atoms with E-state index in [0.29, 0.717) is 38.2 Å². The van der Waals surface area contributed by atoms with Gasteiger partial charge < -0.3 is 19.5 Å². The standard InChI is InChI=1S/C19H21N3O3/c1-21-8-2-3-16(21)17-12-25-10-9-22(17)19(24)14-4-6-15-13(11-14)5-7-18(23)20-15/h2-4,6,8,11,17H,5,7,9-10,12H2,1H3,(H,20,23). The van der Waals surface area contributed by atoms with Crippen LogP contribution in [0.5, 0.6) is 0 Å². The molecule has 6 heteroatoms. The number of morpholine rings is 1. The molecule has 25 heavy (non-hydrogen) atoms. The Hall–Kier alpha value is -2.60. The summed E-state index contributed by atoms with van der Waals surface area (Å²) >= 11 is 0. The van der Waals surface area contributed by atoms with Gasteiger partial charge in [0.05, 0.1) is 19.3 Å². The van der Waals surface area contributed by atoms with Gasteiger partial charge in [-0.25, -0.2) is 0 Å². The molecular weight excluding hydrogens is 318 g/mol. The van der Waals surface area contributed by atoms with Crippen LogP contribution in [-0.2, 0) is 23.0 Å². The maximum absolute atomic E-state index is 13.1. The maximum Gasteiger partial charge on any atom is 0.254 e. The lowest BCUT2D eigenvalue weighted by molar-refractivity contribution is -0.116. The van der Waals surface area contributed by atoms with Gasteiger partial charge in [-0.2, -0.15) is 0 Å². The van der Waals surface area contributed by atoms with Crippen molar-refractivity contribution in [2.75, 3.05) is 25.1 Å². The average molecular weight is 339 g/mol. The maximum atomic E-state index is 13.1. The molecule has 0 bridgehead atoms. The minimum Gasteiger partial charge on any atom is -0.377 e. The molecule has 0 radical (unpaired) electrons. The highest BCUT2D eigenvalue weighted by Gasteiger charge is 2.31. The van der Waals surface area contributed by atoms with Gasteiger partial charge in [0.25, 0.3) is 5.91 Å². The molecule has 2 aromatic rings. The van der Waals surface area contributed by atoms with Gasteiger partial charge in [0, 0.05) is 43.2 Å². The molecule has 1 fully saturated rings. The van der Waals surface area contributed by atoms with Crippen LogP contribution in [-0.4, -0.2) is 41.0 Å². The van der Waals surface area contributed by atoms with Crippen molar-refractivity contribution in [2.45, 2.75) is 18.9 Å². The first-order valence-corrected chi connectivity index (χ1v) is 8.56. The monoisotopic (exact) mass is 339 g/mol. The van der Waals surface area contributed by atoms with E-state index in [9.17, 15) is 9.59 Å². The number of rotatable bonds is 2. The fraction of sp³-hybridized carbons (Fsp3) is 0.368. The van der Waals surface area contributed by atoms with Crippen molar-refractivity contribution in [1.82, 2.24) is 9.47 Å². The Balaban J connectivity index is 1.63. The normalized spacial score (nSPS) is 20.1. The van der Waals surface area contributed by atoms with Crippen LogP contribution in [0.2, 0.25) is 0 Å². The van der Waals surface area contributed by atoms with E-state index < -0.39 is 0 Å². The Bertz CT molecular complexity index is 827. The molecule has 130 valence electrons. The molecule has 4 rings (SSSR count). The second-order valence-corrected chi connectivity index (χ2v) is 6.55. The summed E-state index contributed by atoms with van der Waals surface area (Å²) in [4.78, 5) is 26.5. The molecule has 1 atom stereocenters. The van der Waals surface area contributed by atoms with Gasteiger partial charge in [-0.05, 0) is 42.3 Å². The summed E-state index contributed by atoms with van der Waals surface area (Å²) in [6.45, 7) is 1.63. The van der Waals surface area contributed by atoms with Crippen LogP contribution >= 0.6 is 0 Å². The number of carbonyl (C=O) groups is 2. The first-order valence-electron chi connectivity index (χ1n) is 8.56. The van der Waals surface area contributed by atoms with Gasteiger partial charge in [0.15, 0.2) is 0 Å². The number of nitrogens with zero attached hydrogens (tertiary/aromatic N) is 2. The number of aromatic nitrogens is 1. The third kappa shape index (κ3) is 2.93. The molecule has 0 aliphatic carbocycles. The van der Waals surface area contributed by atoms with Gasteiger partial charge in [0.1, 0.15) is 0 Å². The summed E-state index contributed by atoms with van der Waals surface area (Å²) in [5.41, 5.74) is 3.57. The number of nitrogens with one attached hydrogen (secondary N) is 1. The minimum atomic E-state index is -0.0861. The summed E-state index contributed by atoms with van der Waals surface area (Å²) in [6, 6.07) is 9.46. The van der Waals surface area contributed by atoms with Gasteiger partial charge >= 0.3 is 0 Å². The minimum absolute atomic E-state index is 0.00852. The predicted molar refractivity (Wildman–Crippen MR) is 93.4 cm³/mol. The molecule has 2 aliphatic rings. The second kappa shape index (κ2) is 6.37. The van der Waals surface area contributed by atoms with Crippen LogP contribution in [0.25, 0.3) is 0 Å². The molecule has 6 nitrogen and oxygen atoms in total. The lowest BCUT2D eigenvalue weighted by Crippen LogP contribution is -2.44. The number of hydrogen-bond donors (Lipinski definition) is 1. The van der Waals surface area contributed by atoms with Crippen molar-refractivity contribution in [1.29, 1.82) is 0 Å². The summed E-state index contributed by atoms with van der Waals surface area (Å²) in [5.74, 6) is 0.0396. The molecule has 2 amide bonds. The molecule has 0 saturated carbocycles. The molecule has 0 spiro atoms. The van der Waals surface area contributed by atoms with Gasteiger partial charge in [-0.15, -0.1) is 0 Å². The van der Waals surface area contributed by atoms with Crippen molar-refractivity contribution in [2.24, 2.45) is 7.05 Å². The van der Waals surface area contributed by atoms with E-state index in [2.05, 4.69) is 5.32 Å². The molecule has 1 unspecified atom stereocenters. The lowest BCUT2D eigenvalue weighted by Gasteiger charge is -2.36. The zero-order valence-electron chi connectivity index (χ0n) is 14.2. The molecule has 1 aromatic carbocycles. The Morgan fingerprint density at radius 3 is 2.96 bits per heavy atom. The van der Waals surface area contributed by atoms with Gasteiger partial charge in [-0.1, -0.05) is 0 Å². The highest BCUT2D eigenvalue weighted by atomic mass is 16.5. The van der Waals surface area contributed by atoms with E-state index in [1.165, 1.54) is 0 Å². The zero-order chi connectivity index (χ0) is 17.4. The smallest absolute Gasteiger partial charge is 0.254 e. The number of benzene rings is 1. The third-order valence-corrected chi connectivity index (χ3v) is 4.96. The zero-order valence-corrected chi connectivity index (χ0v) is 14.2. The Morgan fingerprint density at radius 2 is 2.16 bits per heavy atom. The molecule has 1 N–H and O–H groups in total. The van der Waals surface area contributed by atoms with Crippen molar-refractivity contribution < 1.29 is 14.3 Å². The fourth-order valence-electron chi connectivity index (χ4n) is 3.59. The summed E-state index contributed by atoms with van der Waals surface area (Å²) in [7, 11) is 1.98. The number of ether oxygens (including phenoxy) is 1. The lowest BCUT2D eigenvalue weighted by atomic mass is 9.99. The van der Waals surface area contributed by atoms with Crippen LogP contribution in [0.15, 0.2) is 36.5 Å². The highest BCUT2D eigenvalue weighted by Crippen LogP contribution is 2.28. The largest absolute Gasteiger partial charge is 0.377 e. The predicted octanol–water partition coefficient (Wildman–Crippen LogP) is 2.12. The topological polar surface area (TPSA) is 63.6 Å². The van der Waals surface area contributed by atoms with E-state index >= 15 is 0 Å². The van der Waals surface area contributed by atoms with E-state index in [0.717, 1.165) is 16.9 Å². The number of carbonyl (C=O) groups excluding carboxylic acids is 2. The highest BCUT2D eigenvalue weighted by molar-refractivity contribution is 5.98. The van der Waals surface area contributed by atoms with E-state index in [1.54, 1.807) is 6.07 Å². The van der Waals surface area contributed by atoms with Crippen molar-refractivity contribution in [3.63, 3.8) is 0 Å². The Labute approximate surface area is 146 Å². The van der Waals surface area contributed by atoms with E-state index in [-0.39, 0.29) is 17.9 Å². The van der Waals surface area contributed by atoms with Gasteiger partial charge in [0.2, 0.25) is 5.91 Å². The van der Waals surface area contributed by atoms with Crippen molar-refractivity contribution in [3.05, 3.63) is 53.3 Å². The van der Waals surface area contributed by atoms with Crippen molar-refractivity contribution >= 4 is 17.5 Å². The summed E-state index contributed by atoms with van der Waals surface area (Å²) < 4.78 is 7.65. The van der Waals surface area contributed by atoms with E-state index in [1.807, 2.05) is 47.0 Å². The molecular formula is C19H21N3O3.